The minimum atomic E-state index is -2.02. The first kappa shape index (κ1) is 36.0. The van der Waals surface area contributed by atoms with Crippen LogP contribution in [0.2, 0.25) is 0 Å². The highest BCUT2D eigenvalue weighted by Crippen LogP contribution is 2.70. The van der Waals surface area contributed by atoms with Gasteiger partial charge >= 0.3 is 5.97 Å². The van der Waals surface area contributed by atoms with E-state index in [4.69, 9.17) is 4.74 Å². The molecule has 0 aromatic heterocycles. The first-order chi connectivity index (χ1) is 21.4. The lowest BCUT2D eigenvalue weighted by atomic mass is 9.44. The van der Waals surface area contributed by atoms with Gasteiger partial charge in [-0.05, 0) is 63.0 Å². The molecule has 0 heterocycles. The smallest absolute Gasteiger partial charge is 0.306 e. The fraction of sp³-hybridized carbons (Fsp3) is 0.816. The Morgan fingerprint density at radius 3 is 2.13 bits per heavy atom. The van der Waals surface area contributed by atoms with Crippen molar-refractivity contribution in [2.24, 2.45) is 28.6 Å². The van der Waals surface area contributed by atoms with E-state index >= 15 is 4.39 Å². The van der Waals surface area contributed by atoms with Gasteiger partial charge in [-0.1, -0.05) is 109 Å². The molecule has 2 N–H and O–H groups in total. The average Bonchev–Trinajstić information content (AvgIpc) is 3.20. The first-order valence-corrected chi connectivity index (χ1v) is 18.1. The van der Waals surface area contributed by atoms with E-state index < -0.39 is 58.4 Å². The molecule has 0 spiro atoms. The summed E-state index contributed by atoms with van der Waals surface area (Å²) in [7, 11) is 0. The highest BCUT2D eigenvalue weighted by atomic mass is 19.1. The van der Waals surface area contributed by atoms with Gasteiger partial charge in [-0.25, -0.2) is 4.39 Å². The van der Waals surface area contributed by atoms with Gasteiger partial charge in [0.2, 0.25) is 5.78 Å². The summed E-state index contributed by atoms with van der Waals surface area (Å²) >= 11 is 0. The molecule has 4 rings (SSSR count). The summed E-state index contributed by atoms with van der Waals surface area (Å²) in [5.41, 5.74) is -5.36. The number of aliphatic hydroxyl groups is 2. The van der Waals surface area contributed by atoms with Gasteiger partial charge in [-0.2, -0.15) is 0 Å². The number of hydrogen-bond donors (Lipinski definition) is 2. The molecule has 0 aliphatic heterocycles. The minimum absolute atomic E-state index is 0.0885. The highest BCUT2D eigenvalue weighted by Gasteiger charge is 2.75. The third-order valence-electron chi connectivity index (χ3n) is 12.5. The molecule has 45 heavy (non-hydrogen) atoms. The van der Waals surface area contributed by atoms with E-state index in [0.717, 1.165) is 12.8 Å². The van der Waals surface area contributed by atoms with Crippen molar-refractivity contribution in [1.29, 1.82) is 0 Å². The van der Waals surface area contributed by atoms with Gasteiger partial charge in [0.15, 0.2) is 18.1 Å². The van der Waals surface area contributed by atoms with Gasteiger partial charge in [0.1, 0.15) is 5.60 Å². The van der Waals surface area contributed by atoms with Crippen molar-refractivity contribution in [1.82, 2.24) is 0 Å². The molecular weight excluding hydrogens is 571 g/mol. The standard InChI is InChI=1S/C38H59FO6/c1-5-6-7-8-9-10-11-12-13-14-15-16-17-18-34(43)45-26-33(42)38(44)27(2)23-31-30-20-19-28-24-29(40)21-22-35(28,3)37(30,39)32(41)25-36(31,38)4/h21-22,24,27,30-32,41,44H,5-20,23,25-26H2,1-4H3/t27?,30-,31-,32?,35-,36-,37-,38-/m0/s1. The largest absolute Gasteiger partial charge is 0.458 e. The van der Waals surface area contributed by atoms with Crippen LogP contribution < -0.4 is 0 Å². The van der Waals surface area contributed by atoms with Crippen LogP contribution in [0.3, 0.4) is 0 Å². The number of carbonyl (C=O) groups excluding carboxylic acids is 3. The van der Waals surface area contributed by atoms with Crippen molar-refractivity contribution in [3.63, 3.8) is 0 Å². The van der Waals surface area contributed by atoms with Gasteiger partial charge in [-0.15, -0.1) is 0 Å². The Labute approximate surface area is 270 Å². The molecule has 254 valence electrons. The molecule has 6 nitrogen and oxygen atoms in total. The second kappa shape index (κ2) is 14.9. The summed E-state index contributed by atoms with van der Waals surface area (Å²) in [6.07, 6.45) is 20.4. The van der Waals surface area contributed by atoms with Crippen LogP contribution in [0.15, 0.2) is 23.8 Å². The molecule has 0 saturated heterocycles. The summed E-state index contributed by atoms with van der Waals surface area (Å²) in [5.74, 6) is -2.59. The molecule has 0 aromatic rings. The lowest BCUT2D eigenvalue weighted by molar-refractivity contribution is -0.220. The monoisotopic (exact) mass is 630 g/mol. The quantitative estimate of drug-likeness (QED) is 0.125. The molecule has 4 aliphatic carbocycles. The van der Waals surface area contributed by atoms with Crippen molar-refractivity contribution in [3.05, 3.63) is 23.8 Å². The number of hydrogen-bond acceptors (Lipinski definition) is 6. The van der Waals surface area contributed by atoms with E-state index in [0.29, 0.717) is 31.3 Å². The third-order valence-corrected chi connectivity index (χ3v) is 12.5. The number of esters is 1. The third kappa shape index (κ3) is 6.77. The predicted molar refractivity (Wildman–Crippen MR) is 174 cm³/mol. The number of unbranched alkanes of at least 4 members (excludes halogenated alkanes) is 12. The maximum atomic E-state index is 17.3. The van der Waals surface area contributed by atoms with Crippen LogP contribution in [0.5, 0.6) is 0 Å². The second-order valence-corrected chi connectivity index (χ2v) is 15.2. The van der Waals surface area contributed by atoms with E-state index in [9.17, 15) is 24.6 Å². The second-order valence-electron chi connectivity index (χ2n) is 15.2. The SMILES string of the molecule is CCCCCCCCCCCCCCCC(=O)OCC(=O)[C@@]1(O)C(C)C[C@H]2[C@@H]3CCC4=CC(=O)C=C[C@]4(C)[C@@]3(F)C(O)C[C@@]21C. The first-order valence-electron chi connectivity index (χ1n) is 18.1. The fourth-order valence-corrected chi connectivity index (χ4v) is 9.76. The maximum absolute atomic E-state index is 17.3. The van der Waals surface area contributed by atoms with E-state index in [-0.39, 0.29) is 24.5 Å². The zero-order valence-electron chi connectivity index (χ0n) is 28.4. The summed E-state index contributed by atoms with van der Waals surface area (Å²) in [5, 5.41) is 23.6. The van der Waals surface area contributed by atoms with E-state index in [1.165, 1.54) is 76.4 Å². The zero-order chi connectivity index (χ0) is 32.9. The molecule has 0 bridgehead atoms. The van der Waals surface area contributed by atoms with Crippen molar-refractivity contribution in [2.45, 2.75) is 161 Å². The summed E-state index contributed by atoms with van der Waals surface area (Å²) in [6, 6.07) is 0. The molecular formula is C38H59FO6. The Morgan fingerprint density at radius 1 is 0.956 bits per heavy atom. The van der Waals surface area contributed by atoms with Gasteiger partial charge in [0.05, 0.1) is 6.10 Å². The number of rotatable bonds is 17. The van der Waals surface area contributed by atoms with E-state index in [1.807, 2.05) is 0 Å². The number of alkyl halides is 1. The Hall–Kier alpha value is -1.86. The molecule has 8 atom stereocenters. The number of fused-ring (bicyclic) bond motifs is 5. The Kier molecular flexibility index (Phi) is 11.9. The molecule has 7 heteroatoms. The Balaban J connectivity index is 1.24. The van der Waals surface area contributed by atoms with Gasteiger partial charge < -0.3 is 14.9 Å². The molecule has 3 fully saturated rings. The Bertz CT molecular complexity index is 1130. The molecule has 0 amide bonds. The van der Waals surface area contributed by atoms with Crippen molar-refractivity contribution < 1.29 is 33.7 Å². The average molecular weight is 631 g/mol. The number of allylic oxidation sites excluding steroid dienone is 4. The van der Waals surface area contributed by atoms with Crippen molar-refractivity contribution in [2.75, 3.05) is 6.61 Å². The molecule has 3 saturated carbocycles. The van der Waals surface area contributed by atoms with Crippen molar-refractivity contribution in [3.8, 4) is 0 Å². The van der Waals surface area contributed by atoms with Crippen molar-refractivity contribution >= 4 is 17.5 Å². The molecule has 0 aromatic carbocycles. The number of halogens is 1. The highest BCUT2D eigenvalue weighted by molar-refractivity contribution is 6.01. The van der Waals surface area contributed by atoms with Crippen LogP contribution >= 0.6 is 0 Å². The Morgan fingerprint density at radius 2 is 1.53 bits per heavy atom. The van der Waals surface area contributed by atoms with Gasteiger partial charge in [0, 0.05) is 23.2 Å². The number of aliphatic hydroxyl groups excluding tert-OH is 1. The number of ketones is 2. The number of ether oxygens (including phenoxy) is 1. The number of Topliss-reactive ketones (excluding diaryl/α,β-unsaturated/α-hetero) is 1. The summed E-state index contributed by atoms with van der Waals surface area (Å²) < 4.78 is 22.7. The molecule has 4 aliphatic rings. The molecule has 2 unspecified atom stereocenters. The predicted octanol–water partition coefficient (Wildman–Crippen LogP) is 7.93. The number of carbonyl (C=O) groups is 3. The lowest BCUT2D eigenvalue weighted by Gasteiger charge is -2.62. The topological polar surface area (TPSA) is 101 Å². The van der Waals surface area contributed by atoms with Crippen LogP contribution in [0.1, 0.15) is 143 Å². The normalized spacial score (nSPS) is 37.0. The summed E-state index contributed by atoms with van der Waals surface area (Å²) in [6.45, 7) is 7.08. The van der Waals surface area contributed by atoms with Gasteiger partial charge in [-0.3, -0.25) is 14.4 Å². The van der Waals surface area contributed by atoms with Crippen LogP contribution in [0.25, 0.3) is 0 Å². The van der Waals surface area contributed by atoms with Crippen LogP contribution in [0, 0.1) is 28.6 Å². The fourth-order valence-electron chi connectivity index (χ4n) is 9.76. The zero-order valence-corrected chi connectivity index (χ0v) is 28.4. The molecule has 0 radical (unpaired) electrons. The van der Waals surface area contributed by atoms with Crippen LogP contribution in [-0.2, 0) is 19.1 Å². The lowest BCUT2D eigenvalue weighted by Crippen LogP contribution is -2.69. The minimum Gasteiger partial charge on any atom is -0.458 e. The van der Waals surface area contributed by atoms with E-state index in [2.05, 4.69) is 6.92 Å². The van der Waals surface area contributed by atoms with Gasteiger partial charge in [0.25, 0.3) is 0 Å². The van der Waals surface area contributed by atoms with Crippen LogP contribution in [-0.4, -0.2) is 51.7 Å². The maximum Gasteiger partial charge on any atom is 0.306 e. The van der Waals surface area contributed by atoms with Crippen LogP contribution in [0.4, 0.5) is 4.39 Å². The summed E-state index contributed by atoms with van der Waals surface area (Å²) in [4.78, 5) is 38.2. The van der Waals surface area contributed by atoms with E-state index in [1.54, 1.807) is 26.8 Å².